The second-order valence-corrected chi connectivity index (χ2v) is 4.98. The van der Waals surface area contributed by atoms with Crippen molar-refractivity contribution in [2.45, 2.75) is 20.4 Å². The maximum absolute atomic E-state index is 4.42. The maximum Gasteiger partial charge on any atom is 0.153 e. The smallest absolute Gasteiger partial charge is 0.153 e. The van der Waals surface area contributed by atoms with Crippen molar-refractivity contribution in [1.82, 2.24) is 24.5 Å². The maximum atomic E-state index is 4.42. The van der Waals surface area contributed by atoms with Gasteiger partial charge in [0.2, 0.25) is 0 Å². The van der Waals surface area contributed by atoms with E-state index in [0.29, 0.717) is 0 Å². The first-order valence-electron chi connectivity index (χ1n) is 6.84. The average Bonchev–Trinajstić information content (AvgIpc) is 3.09. The van der Waals surface area contributed by atoms with Crippen LogP contribution in [0.3, 0.4) is 0 Å². The van der Waals surface area contributed by atoms with Crippen LogP contribution in [0.5, 0.6) is 0 Å². The van der Waals surface area contributed by atoms with Gasteiger partial charge in [0.05, 0.1) is 17.6 Å². The fourth-order valence-corrected chi connectivity index (χ4v) is 2.29. The van der Waals surface area contributed by atoms with Crippen LogP contribution in [0.1, 0.15) is 17.0 Å². The quantitative estimate of drug-likeness (QED) is 0.797. The Balaban J connectivity index is 1.71. The summed E-state index contributed by atoms with van der Waals surface area (Å²) in [5.74, 6) is 0.805. The monoisotopic (exact) mass is 282 g/mol. The van der Waals surface area contributed by atoms with E-state index in [9.17, 15) is 0 Å². The van der Waals surface area contributed by atoms with Gasteiger partial charge in [-0.3, -0.25) is 4.68 Å². The standard InChI is InChI=1S/C15H18N6/c1-11-14(12(2)20(3)19-11)10-16-13-5-6-15(17-9-13)21-8-4-7-18-21/h4-9,16H,10H2,1-3H3. The van der Waals surface area contributed by atoms with Gasteiger partial charge in [-0.25, -0.2) is 9.67 Å². The van der Waals surface area contributed by atoms with Gasteiger partial charge >= 0.3 is 0 Å². The first-order valence-corrected chi connectivity index (χ1v) is 6.84. The summed E-state index contributed by atoms with van der Waals surface area (Å²) >= 11 is 0. The Hall–Kier alpha value is -2.63. The van der Waals surface area contributed by atoms with Gasteiger partial charge in [-0.15, -0.1) is 0 Å². The number of aromatic nitrogens is 5. The second kappa shape index (κ2) is 5.40. The minimum absolute atomic E-state index is 0.744. The largest absolute Gasteiger partial charge is 0.380 e. The van der Waals surface area contributed by atoms with Crippen molar-refractivity contribution in [3.8, 4) is 5.82 Å². The molecule has 0 aliphatic heterocycles. The fraction of sp³-hybridized carbons (Fsp3) is 0.267. The molecule has 0 saturated carbocycles. The summed E-state index contributed by atoms with van der Waals surface area (Å²) in [7, 11) is 1.96. The lowest BCUT2D eigenvalue weighted by Crippen LogP contribution is -2.04. The van der Waals surface area contributed by atoms with Crippen LogP contribution < -0.4 is 5.32 Å². The molecule has 0 bridgehead atoms. The van der Waals surface area contributed by atoms with E-state index in [1.165, 1.54) is 11.3 Å². The molecule has 0 fully saturated rings. The Morgan fingerprint density at radius 2 is 2.10 bits per heavy atom. The molecule has 0 unspecified atom stereocenters. The number of hydrogen-bond acceptors (Lipinski definition) is 4. The predicted octanol–water partition coefficient (Wildman–Crippen LogP) is 2.23. The highest BCUT2D eigenvalue weighted by molar-refractivity contribution is 5.44. The van der Waals surface area contributed by atoms with Crippen LogP contribution in [-0.2, 0) is 13.6 Å². The molecular weight excluding hydrogens is 264 g/mol. The number of pyridine rings is 1. The summed E-state index contributed by atoms with van der Waals surface area (Å²) in [4.78, 5) is 4.40. The van der Waals surface area contributed by atoms with Crippen LogP contribution in [0.15, 0.2) is 36.8 Å². The average molecular weight is 282 g/mol. The van der Waals surface area contributed by atoms with Gasteiger partial charge in [0, 0.05) is 37.2 Å². The molecule has 3 aromatic rings. The topological polar surface area (TPSA) is 60.6 Å². The van der Waals surface area contributed by atoms with Crippen LogP contribution in [-0.4, -0.2) is 24.5 Å². The van der Waals surface area contributed by atoms with E-state index in [1.54, 1.807) is 10.9 Å². The van der Waals surface area contributed by atoms with Crippen LogP contribution >= 0.6 is 0 Å². The van der Waals surface area contributed by atoms with E-state index in [-0.39, 0.29) is 0 Å². The summed E-state index contributed by atoms with van der Waals surface area (Å²) in [5.41, 5.74) is 4.45. The third-order valence-corrected chi connectivity index (χ3v) is 3.62. The summed E-state index contributed by atoms with van der Waals surface area (Å²) in [5, 5.41) is 12.0. The lowest BCUT2D eigenvalue weighted by atomic mass is 10.2. The van der Waals surface area contributed by atoms with Crippen LogP contribution in [0.2, 0.25) is 0 Å². The molecule has 6 heteroatoms. The summed E-state index contributed by atoms with van der Waals surface area (Å²) in [6.07, 6.45) is 5.43. The molecule has 0 saturated heterocycles. The zero-order valence-corrected chi connectivity index (χ0v) is 12.4. The van der Waals surface area contributed by atoms with Gasteiger partial charge < -0.3 is 5.32 Å². The van der Waals surface area contributed by atoms with Crippen molar-refractivity contribution >= 4 is 5.69 Å². The number of nitrogens with zero attached hydrogens (tertiary/aromatic N) is 5. The fourth-order valence-electron chi connectivity index (χ4n) is 2.29. The van der Waals surface area contributed by atoms with Gasteiger partial charge in [-0.05, 0) is 32.0 Å². The van der Waals surface area contributed by atoms with E-state index in [1.807, 2.05) is 49.2 Å². The number of hydrogen-bond donors (Lipinski definition) is 1. The van der Waals surface area contributed by atoms with Crippen molar-refractivity contribution in [3.05, 3.63) is 53.7 Å². The third kappa shape index (κ3) is 2.65. The van der Waals surface area contributed by atoms with Gasteiger partial charge in [0.15, 0.2) is 5.82 Å². The van der Waals surface area contributed by atoms with Crippen LogP contribution in [0.4, 0.5) is 5.69 Å². The van der Waals surface area contributed by atoms with Crippen molar-refractivity contribution < 1.29 is 0 Å². The molecule has 3 heterocycles. The number of rotatable bonds is 4. The summed E-state index contributed by atoms with van der Waals surface area (Å²) in [6, 6.07) is 5.82. The predicted molar refractivity (Wildman–Crippen MR) is 81.4 cm³/mol. The molecule has 0 atom stereocenters. The van der Waals surface area contributed by atoms with Crippen molar-refractivity contribution in [2.24, 2.45) is 7.05 Å². The van der Waals surface area contributed by atoms with E-state index in [2.05, 4.69) is 27.4 Å². The first kappa shape index (κ1) is 13.4. The molecule has 0 aromatic carbocycles. The molecule has 0 amide bonds. The SMILES string of the molecule is Cc1nn(C)c(C)c1CNc1ccc(-n2cccn2)nc1. The van der Waals surface area contributed by atoms with E-state index in [4.69, 9.17) is 0 Å². The van der Waals surface area contributed by atoms with Gasteiger partial charge in [-0.1, -0.05) is 0 Å². The van der Waals surface area contributed by atoms with Crippen LogP contribution in [0, 0.1) is 13.8 Å². The zero-order valence-electron chi connectivity index (χ0n) is 12.4. The van der Waals surface area contributed by atoms with Crippen LogP contribution in [0.25, 0.3) is 5.82 Å². The molecule has 3 rings (SSSR count). The Bertz CT molecular complexity index is 724. The Morgan fingerprint density at radius 3 is 2.67 bits per heavy atom. The second-order valence-electron chi connectivity index (χ2n) is 4.98. The number of aryl methyl sites for hydroxylation is 2. The van der Waals surface area contributed by atoms with E-state index >= 15 is 0 Å². The molecule has 3 aromatic heterocycles. The summed E-state index contributed by atoms with van der Waals surface area (Å²) < 4.78 is 3.64. The normalized spacial score (nSPS) is 10.8. The third-order valence-electron chi connectivity index (χ3n) is 3.62. The molecule has 0 spiro atoms. The zero-order chi connectivity index (χ0) is 14.8. The Morgan fingerprint density at radius 1 is 1.24 bits per heavy atom. The molecule has 108 valence electrons. The van der Waals surface area contributed by atoms with E-state index in [0.717, 1.165) is 23.7 Å². The van der Waals surface area contributed by atoms with Crippen molar-refractivity contribution in [1.29, 1.82) is 0 Å². The Kier molecular flexibility index (Phi) is 3.43. The lowest BCUT2D eigenvalue weighted by Gasteiger charge is -2.07. The first-order chi connectivity index (χ1) is 10.1. The van der Waals surface area contributed by atoms with Crippen molar-refractivity contribution in [2.75, 3.05) is 5.32 Å². The molecule has 6 nitrogen and oxygen atoms in total. The Labute approximate surface area is 123 Å². The molecule has 0 radical (unpaired) electrons. The van der Waals surface area contributed by atoms with E-state index < -0.39 is 0 Å². The minimum Gasteiger partial charge on any atom is -0.380 e. The lowest BCUT2D eigenvalue weighted by molar-refractivity contribution is 0.730. The number of anilines is 1. The highest BCUT2D eigenvalue weighted by Crippen LogP contribution is 2.15. The summed E-state index contributed by atoms with van der Waals surface area (Å²) in [6.45, 7) is 4.85. The highest BCUT2D eigenvalue weighted by Gasteiger charge is 2.08. The molecule has 0 aliphatic carbocycles. The molecular formula is C15H18N6. The molecule has 21 heavy (non-hydrogen) atoms. The van der Waals surface area contributed by atoms with Crippen molar-refractivity contribution in [3.63, 3.8) is 0 Å². The number of nitrogens with one attached hydrogen (secondary N) is 1. The van der Waals surface area contributed by atoms with Gasteiger partial charge in [0.1, 0.15) is 0 Å². The van der Waals surface area contributed by atoms with Gasteiger partial charge in [-0.2, -0.15) is 10.2 Å². The molecule has 1 N–H and O–H groups in total. The minimum atomic E-state index is 0.744. The molecule has 0 aliphatic rings. The highest BCUT2D eigenvalue weighted by atomic mass is 15.3. The van der Waals surface area contributed by atoms with Gasteiger partial charge in [0.25, 0.3) is 0 Å².